The van der Waals surface area contributed by atoms with Gasteiger partial charge in [0.05, 0.1) is 0 Å². The molecular formula is C6H10F4N6O4. The van der Waals surface area contributed by atoms with Gasteiger partial charge in [-0.25, -0.2) is 0 Å². The lowest BCUT2D eigenvalue weighted by Gasteiger charge is -2.35. The van der Waals surface area contributed by atoms with Gasteiger partial charge >= 0.3 is 5.66 Å². The largest absolute Gasteiger partial charge is 0.482 e. The SMILES string of the molecule is O=[N+]([O-])C1([N+](=O)[O-])CNCC(N(F)F)(N(F)F)CNC1. The molecule has 1 heterocycles. The number of rotatable bonds is 4. The number of hydrogen-bond donors (Lipinski definition) is 2. The molecule has 0 aromatic carbocycles. The lowest BCUT2D eigenvalue weighted by molar-refractivity contribution is -0.791. The van der Waals surface area contributed by atoms with Crippen LogP contribution in [-0.4, -0.2) is 58.0 Å². The second kappa shape index (κ2) is 5.78. The highest BCUT2D eigenvalue weighted by Gasteiger charge is 2.59. The van der Waals surface area contributed by atoms with Crippen LogP contribution in [0.15, 0.2) is 0 Å². The number of halogens is 4. The zero-order chi connectivity index (χ0) is 15.6. The van der Waals surface area contributed by atoms with Gasteiger partial charge in [-0.05, 0) is 0 Å². The molecule has 1 aliphatic heterocycles. The zero-order valence-electron chi connectivity index (χ0n) is 9.76. The van der Waals surface area contributed by atoms with Crippen molar-refractivity contribution in [2.24, 2.45) is 0 Å². The first-order chi connectivity index (χ1) is 9.19. The Hall–Kier alpha value is -1.64. The van der Waals surface area contributed by atoms with Crippen molar-refractivity contribution in [3.63, 3.8) is 0 Å². The summed E-state index contributed by atoms with van der Waals surface area (Å²) in [5.74, 6) is 0. The first-order valence-electron chi connectivity index (χ1n) is 5.13. The number of nitrogens with zero attached hydrogens (tertiary/aromatic N) is 4. The van der Waals surface area contributed by atoms with Crippen molar-refractivity contribution in [2.45, 2.75) is 11.3 Å². The Morgan fingerprint density at radius 2 is 1.20 bits per heavy atom. The molecule has 0 saturated carbocycles. The second-order valence-electron chi connectivity index (χ2n) is 4.15. The molecule has 2 N–H and O–H groups in total. The van der Waals surface area contributed by atoms with E-state index in [9.17, 15) is 38.2 Å². The third-order valence-corrected chi connectivity index (χ3v) is 2.94. The van der Waals surface area contributed by atoms with Crippen LogP contribution in [0.2, 0.25) is 0 Å². The van der Waals surface area contributed by atoms with E-state index in [1.807, 2.05) is 10.6 Å². The van der Waals surface area contributed by atoms with E-state index in [0.717, 1.165) is 0 Å². The van der Waals surface area contributed by atoms with Crippen molar-refractivity contribution in [3.05, 3.63) is 20.2 Å². The van der Waals surface area contributed by atoms with Gasteiger partial charge in [-0.15, -0.1) is 0 Å². The maximum atomic E-state index is 12.6. The molecule has 0 aromatic heterocycles. The predicted octanol–water partition coefficient (Wildman–Crippen LogP) is -0.733. The van der Waals surface area contributed by atoms with Gasteiger partial charge in [0.1, 0.15) is 22.9 Å². The van der Waals surface area contributed by atoms with Crippen LogP contribution in [0.5, 0.6) is 0 Å². The first-order valence-corrected chi connectivity index (χ1v) is 5.13. The molecule has 1 aliphatic rings. The van der Waals surface area contributed by atoms with E-state index in [-0.39, 0.29) is 0 Å². The summed E-state index contributed by atoms with van der Waals surface area (Å²) >= 11 is 0. The summed E-state index contributed by atoms with van der Waals surface area (Å²) in [5, 5.41) is 21.9. The van der Waals surface area contributed by atoms with Crippen LogP contribution < -0.4 is 10.6 Å². The van der Waals surface area contributed by atoms with E-state index < -0.39 is 58.0 Å². The van der Waals surface area contributed by atoms with E-state index in [4.69, 9.17) is 0 Å². The van der Waals surface area contributed by atoms with Crippen molar-refractivity contribution < 1.29 is 27.8 Å². The Bertz CT molecular complexity index is 360. The lowest BCUT2D eigenvalue weighted by atomic mass is 10.1. The molecule has 0 bridgehead atoms. The topological polar surface area (TPSA) is 117 Å². The Morgan fingerprint density at radius 3 is 1.45 bits per heavy atom. The van der Waals surface area contributed by atoms with Crippen molar-refractivity contribution in [1.82, 2.24) is 21.3 Å². The molecule has 1 saturated heterocycles. The Labute approximate surface area is 108 Å². The fourth-order valence-corrected chi connectivity index (χ4v) is 1.67. The van der Waals surface area contributed by atoms with Gasteiger partial charge in [0.25, 0.3) is 0 Å². The predicted molar refractivity (Wildman–Crippen MR) is 53.3 cm³/mol. The Balaban J connectivity index is 2.96. The molecule has 20 heavy (non-hydrogen) atoms. The molecular weight excluding hydrogens is 296 g/mol. The molecule has 0 aliphatic carbocycles. The van der Waals surface area contributed by atoms with E-state index in [2.05, 4.69) is 0 Å². The maximum absolute atomic E-state index is 12.6. The third-order valence-electron chi connectivity index (χ3n) is 2.94. The van der Waals surface area contributed by atoms with Crippen molar-refractivity contribution in [2.75, 3.05) is 26.2 Å². The van der Waals surface area contributed by atoms with Gasteiger partial charge in [-0.3, -0.25) is 20.2 Å². The van der Waals surface area contributed by atoms with Crippen LogP contribution in [0.1, 0.15) is 0 Å². The second-order valence-corrected chi connectivity index (χ2v) is 4.15. The summed E-state index contributed by atoms with van der Waals surface area (Å²) in [6.07, 6.45) is 0. The normalized spacial score (nSPS) is 22.3. The molecule has 0 amide bonds. The van der Waals surface area contributed by atoms with Gasteiger partial charge < -0.3 is 10.6 Å². The van der Waals surface area contributed by atoms with Crippen LogP contribution >= 0.6 is 0 Å². The van der Waals surface area contributed by atoms with Crippen molar-refractivity contribution in [3.8, 4) is 0 Å². The van der Waals surface area contributed by atoms with Gasteiger partial charge in [-0.1, -0.05) is 17.9 Å². The van der Waals surface area contributed by atoms with Gasteiger partial charge in [0.15, 0.2) is 0 Å². The fourth-order valence-electron chi connectivity index (χ4n) is 1.67. The average Bonchev–Trinajstić information content (AvgIpc) is 2.27. The van der Waals surface area contributed by atoms with Crippen LogP contribution in [0.3, 0.4) is 0 Å². The van der Waals surface area contributed by atoms with Crippen LogP contribution in [-0.2, 0) is 0 Å². The third kappa shape index (κ3) is 2.62. The van der Waals surface area contributed by atoms with Crippen LogP contribution in [0, 0.1) is 20.2 Å². The summed E-state index contributed by atoms with van der Waals surface area (Å²) in [4.78, 5) is 19.2. The van der Waals surface area contributed by atoms with Gasteiger partial charge in [0.2, 0.25) is 5.66 Å². The van der Waals surface area contributed by atoms with Crippen molar-refractivity contribution in [1.29, 1.82) is 0 Å². The Kier molecular flexibility index (Phi) is 4.74. The summed E-state index contributed by atoms with van der Waals surface area (Å²) in [5.41, 5.74) is -5.78. The first kappa shape index (κ1) is 16.4. The smallest absolute Gasteiger partial charge is 0.300 e. The molecule has 0 spiro atoms. The number of hydrogen-bond acceptors (Lipinski definition) is 8. The molecule has 0 atom stereocenters. The zero-order valence-corrected chi connectivity index (χ0v) is 9.76. The van der Waals surface area contributed by atoms with Crippen LogP contribution in [0.4, 0.5) is 17.9 Å². The minimum atomic E-state index is -3.07. The highest BCUT2D eigenvalue weighted by atomic mass is 19.4. The van der Waals surface area contributed by atoms with Gasteiger partial charge in [0, 0.05) is 23.8 Å². The van der Waals surface area contributed by atoms with E-state index in [0.29, 0.717) is 0 Å². The molecule has 0 aromatic rings. The summed E-state index contributed by atoms with van der Waals surface area (Å²) in [6, 6.07) is 0. The summed E-state index contributed by atoms with van der Waals surface area (Å²) < 4.78 is 50.5. The monoisotopic (exact) mass is 306 g/mol. The van der Waals surface area contributed by atoms with Crippen LogP contribution in [0.25, 0.3) is 0 Å². The quantitative estimate of drug-likeness (QED) is 0.229. The average molecular weight is 306 g/mol. The Morgan fingerprint density at radius 1 is 0.850 bits per heavy atom. The molecule has 14 heteroatoms. The van der Waals surface area contributed by atoms with Gasteiger partial charge in [-0.2, -0.15) is 0 Å². The number of nitrogens with one attached hydrogen (secondary N) is 2. The maximum Gasteiger partial charge on any atom is 0.482 e. The fraction of sp³-hybridized carbons (Fsp3) is 1.00. The lowest BCUT2D eigenvalue weighted by Crippen LogP contribution is -2.69. The standard InChI is InChI=1S/C6H10F4N6O4/c7-13(8)5(14(9)10)1-11-3-6(15(17)18,16(19)20)4-12-2-5/h11-12H,1-4H2. The number of nitro groups is 2. The molecule has 1 fully saturated rings. The summed E-state index contributed by atoms with van der Waals surface area (Å²) in [7, 11) is 0. The highest BCUT2D eigenvalue weighted by molar-refractivity contribution is 4.89. The molecule has 1 rings (SSSR count). The van der Waals surface area contributed by atoms with E-state index in [1.165, 1.54) is 0 Å². The molecule has 0 unspecified atom stereocenters. The molecule has 0 radical (unpaired) electrons. The van der Waals surface area contributed by atoms with E-state index in [1.54, 1.807) is 0 Å². The summed E-state index contributed by atoms with van der Waals surface area (Å²) in [6.45, 7) is -4.21. The van der Waals surface area contributed by atoms with Crippen molar-refractivity contribution >= 4 is 0 Å². The minimum Gasteiger partial charge on any atom is -0.300 e. The minimum absolute atomic E-state index is 0.983. The van der Waals surface area contributed by atoms with E-state index >= 15 is 0 Å². The molecule has 10 nitrogen and oxygen atoms in total. The molecule has 116 valence electrons. The highest BCUT2D eigenvalue weighted by Crippen LogP contribution is 2.24.